The average molecular weight is 473 g/mol. The maximum absolute atomic E-state index is 12.5. The maximum Gasteiger partial charge on any atom is 0.324 e. The lowest BCUT2D eigenvalue weighted by Crippen LogP contribution is -2.35. The van der Waals surface area contributed by atoms with Gasteiger partial charge in [-0.15, -0.1) is 0 Å². The molecule has 1 heterocycles. The first kappa shape index (κ1) is 23.8. The molecule has 0 aromatic heterocycles. The predicted molar refractivity (Wildman–Crippen MR) is 117 cm³/mol. The number of nitrogens with zero attached hydrogens (tertiary/aromatic N) is 1. The Morgan fingerprint density at radius 1 is 1.26 bits per heavy atom. The fraction of sp³-hybridized carbons (Fsp3) is 0.600. The Hall–Kier alpha value is -1.88. The van der Waals surface area contributed by atoms with Crippen molar-refractivity contribution in [1.82, 2.24) is 14.9 Å². The van der Waals surface area contributed by atoms with Gasteiger partial charge in [-0.1, -0.05) is 24.1 Å². The number of ether oxygens (including phenoxy) is 1. The fourth-order valence-corrected chi connectivity index (χ4v) is 4.84. The molecule has 3 amide bonds. The second kappa shape index (κ2) is 10.6. The SMILES string of the molecule is NC[C@@H](NS(=O)(=O)CCCCCN1CC(=O)NC1=O)c1ccc(Cl)c(OCC2CC2)c1. The van der Waals surface area contributed by atoms with Crippen LogP contribution in [0.2, 0.25) is 5.02 Å². The highest BCUT2D eigenvalue weighted by atomic mass is 35.5. The topological polar surface area (TPSA) is 131 Å². The summed E-state index contributed by atoms with van der Waals surface area (Å²) in [6.45, 7) is 1.19. The van der Waals surface area contributed by atoms with Crippen molar-refractivity contribution in [2.75, 3.05) is 32.0 Å². The van der Waals surface area contributed by atoms with Crippen LogP contribution in [0.25, 0.3) is 0 Å². The molecule has 11 heteroatoms. The molecule has 2 fully saturated rings. The van der Waals surface area contributed by atoms with Crippen molar-refractivity contribution in [1.29, 1.82) is 0 Å². The van der Waals surface area contributed by atoms with E-state index in [1.165, 1.54) is 4.90 Å². The summed E-state index contributed by atoms with van der Waals surface area (Å²) in [6.07, 6.45) is 3.99. The number of nitrogens with one attached hydrogen (secondary N) is 2. The molecule has 172 valence electrons. The largest absolute Gasteiger partial charge is 0.492 e. The van der Waals surface area contributed by atoms with Gasteiger partial charge in [0.2, 0.25) is 15.9 Å². The van der Waals surface area contributed by atoms with Crippen molar-refractivity contribution in [3.63, 3.8) is 0 Å². The Morgan fingerprint density at radius 2 is 2.03 bits per heavy atom. The summed E-state index contributed by atoms with van der Waals surface area (Å²) < 4.78 is 33.5. The lowest BCUT2D eigenvalue weighted by atomic mass is 10.1. The number of hydrogen-bond acceptors (Lipinski definition) is 6. The highest BCUT2D eigenvalue weighted by Gasteiger charge is 2.26. The van der Waals surface area contributed by atoms with Crippen molar-refractivity contribution in [2.45, 2.75) is 38.1 Å². The van der Waals surface area contributed by atoms with Gasteiger partial charge >= 0.3 is 6.03 Å². The summed E-state index contributed by atoms with van der Waals surface area (Å²) in [5, 5.41) is 2.70. The molecule has 1 atom stereocenters. The summed E-state index contributed by atoms with van der Waals surface area (Å²) in [5.41, 5.74) is 6.53. The standard InChI is InChI=1S/C20H29ClN4O5S/c21-16-7-6-15(10-18(16)30-13-14-4-5-14)17(11-22)24-31(28,29)9-3-1-2-8-25-12-19(26)23-20(25)27/h6-7,10,14,17,24H,1-5,8-9,11-13,22H2,(H,23,26,27)/t17-/m1/s1. The van der Waals surface area contributed by atoms with E-state index >= 15 is 0 Å². The van der Waals surface area contributed by atoms with E-state index in [9.17, 15) is 18.0 Å². The van der Waals surface area contributed by atoms with Crippen molar-refractivity contribution in [3.8, 4) is 5.75 Å². The minimum Gasteiger partial charge on any atom is -0.492 e. The molecule has 2 aliphatic rings. The zero-order chi connectivity index (χ0) is 22.4. The van der Waals surface area contributed by atoms with Gasteiger partial charge in [0, 0.05) is 13.1 Å². The number of unbranched alkanes of at least 4 members (excludes halogenated alkanes) is 2. The Bertz CT molecular complexity index is 907. The van der Waals surface area contributed by atoms with Crippen molar-refractivity contribution in [2.24, 2.45) is 11.7 Å². The third-order valence-electron chi connectivity index (χ3n) is 5.30. The predicted octanol–water partition coefficient (Wildman–Crippen LogP) is 1.77. The van der Waals surface area contributed by atoms with Gasteiger partial charge in [-0.25, -0.2) is 17.9 Å². The molecule has 1 saturated carbocycles. The summed E-state index contributed by atoms with van der Waals surface area (Å²) in [4.78, 5) is 24.1. The van der Waals surface area contributed by atoms with Crippen molar-refractivity contribution >= 4 is 33.6 Å². The normalized spacial score (nSPS) is 17.7. The van der Waals surface area contributed by atoms with E-state index in [2.05, 4.69) is 10.0 Å². The van der Waals surface area contributed by atoms with E-state index in [0.717, 1.165) is 12.8 Å². The van der Waals surface area contributed by atoms with Gasteiger partial charge in [-0.05, 0) is 49.3 Å². The van der Waals surface area contributed by atoms with Gasteiger partial charge in [0.05, 0.1) is 23.4 Å². The van der Waals surface area contributed by atoms with E-state index in [-0.39, 0.29) is 24.7 Å². The third kappa shape index (κ3) is 7.34. The third-order valence-corrected chi connectivity index (χ3v) is 7.08. The van der Waals surface area contributed by atoms with Gasteiger partial charge < -0.3 is 15.4 Å². The lowest BCUT2D eigenvalue weighted by molar-refractivity contribution is -0.118. The van der Waals surface area contributed by atoms with Gasteiger partial charge in [0.15, 0.2) is 0 Å². The van der Waals surface area contributed by atoms with Gasteiger partial charge in [-0.3, -0.25) is 10.1 Å². The van der Waals surface area contributed by atoms with Crippen molar-refractivity contribution in [3.05, 3.63) is 28.8 Å². The molecule has 1 aliphatic carbocycles. The number of amides is 3. The molecule has 1 aromatic rings. The number of carbonyl (C=O) groups excluding carboxylic acids is 2. The number of sulfonamides is 1. The van der Waals surface area contributed by atoms with Crippen LogP contribution >= 0.6 is 11.6 Å². The van der Waals surface area contributed by atoms with E-state index in [1.54, 1.807) is 18.2 Å². The molecule has 9 nitrogen and oxygen atoms in total. The minimum atomic E-state index is -3.55. The number of halogens is 1. The van der Waals surface area contributed by atoms with Crippen LogP contribution in [0.3, 0.4) is 0 Å². The van der Waals surface area contributed by atoms with E-state index in [1.807, 2.05) is 0 Å². The molecular formula is C20H29ClN4O5S. The van der Waals surface area contributed by atoms with Gasteiger partial charge in [-0.2, -0.15) is 0 Å². The van der Waals surface area contributed by atoms with Crippen molar-refractivity contribution < 1.29 is 22.7 Å². The van der Waals surface area contributed by atoms with Crippen LogP contribution in [0.4, 0.5) is 4.79 Å². The monoisotopic (exact) mass is 472 g/mol. The van der Waals surface area contributed by atoms with Crippen LogP contribution in [0.1, 0.15) is 43.7 Å². The fourth-order valence-electron chi connectivity index (χ4n) is 3.30. The molecule has 0 unspecified atom stereocenters. The van der Waals surface area contributed by atoms with Crippen LogP contribution in [-0.2, 0) is 14.8 Å². The zero-order valence-electron chi connectivity index (χ0n) is 17.3. The van der Waals surface area contributed by atoms with E-state index in [4.69, 9.17) is 22.1 Å². The summed E-state index contributed by atoms with van der Waals surface area (Å²) >= 11 is 6.20. The molecule has 0 bridgehead atoms. The summed E-state index contributed by atoms with van der Waals surface area (Å²) in [6, 6.07) is 4.20. The van der Waals surface area contributed by atoms with Crippen LogP contribution in [-0.4, -0.2) is 57.3 Å². The van der Waals surface area contributed by atoms with E-state index in [0.29, 0.717) is 54.7 Å². The zero-order valence-corrected chi connectivity index (χ0v) is 18.9. The molecule has 0 radical (unpaired) electrons. The maximum atomic E-state index is 12.5. The smallest absolute Gasteiger partial charge is 0.324 e. The molecule has 31 heavy (non-hydrogen) atoms. The number of urea groups is 1. The molecule has 0 spiro atoms. The molecule has 1 saturated heterocycles. The molecule has 1 aromatic carbocycles. The summed E-state index contributed by atoms with van der Waals surface area (Å²) in [7, 11) is -3.55. The first-order valence-electron chi connectivity index (χ1n) is 10.5. The number of rotatable bonds is 13. The van der Waals surface area contributed by atoms with Crippen LogP contribution < -0.4 is 20.5 Å². The molecular weight excluding hydrogens is 444 g/mol. The number of nitrogens with two attached hydrogens (primary N) is 1. The van der Waals surface area contributed by atoms with Gasteiger partial charge in [0.25, 0.3) is 0 Å². The number of carbonyl (C=O) groups is 2. The molecule has 3 rings (SSSR count). The number of benzene rings is 1. The molecule has 4 N–H and O–H groups in total. The average Bonchev–Trinajstić information content (AvgIpc) is 3.49. The second-order valence-electron chi connectivity index (χ2n) is 8.00. The lowest BCUT2D eigenvalue weighted by Gasteiger charge is -2.19. The highest BCUT2D eigenvalue weighted by molar-refractivity contribution is 7.89. The first-order valence-corrected chi connectivity index (χ1v) is 12.5. The second-order valence-corrected chi connectivity index (χ2v) is 10.3. The Balaban J connectivity index is 1.46. The quantitative estimate of drug-likeness (QED) is 0.296. The van der Waals surface area contributed by atoms with E-state index < -0.39 is 22.1 Å². The minimum absolute atomic E-state index is 0.0484. The Labute approximate surface area is 187 Å². The summed E-state index contributed by atoms with van der Waals surface area (Å²) in [5.74, 6) is 0.748. The highest BCUT2D eigenvalue weighted by Crippen LogP contribution is 2.33. The van der Waals surface area contributed by atoms with Gasteiger partial charge in [0.1, 0.15) is 12.3 Å². The first-order chi connectivity index (χ1) is 14.8. The van der Waals surface area contributed by atoms with Crippen LogP contribution in [0, 0.1) is 5.92 Å². The Morgan fingerprint density at radius 3 is 2.68 bits per heavy atom. The number of imide groups is 1. The number of hydrogen-bond donors (Lipinski definition) is 3. The molecule has 1 aliphatic heterocycles. The van der Waals surface area contributed by atoms with Crippen LogP contribution in [0.15, 0.2) is 18.2 Å². The Kier molecular flexibility index (Phi) is 8.15. The van der Waals surface area contributed by atoms with Crippen LogP contribution in [0.5, 0.6) is 5.75 Å².